The minimum atomic E-state index is -0.0404. The predicted molar refractivity (Wildman–Crippen MR) is 286 cm³/mol. The molecule has 0 fully saturated rings. The molecule has 0 bridgehead atoms. The zero-order chi connectivity index (χ0) is 46.2. The first-order valence-electron chi connectivity index (χ1n) is 23.7. The van der Waals surface area contributed by atoms with E-state index in [4.69, 9.17) is 0 Å². The Morgan fingerprint density at radius 1 is 0.353 bits per heavy atom. The highest BCUT2D eigenvalue weighted by atomic mass is 15.1. The Hall–Kier alpha value is -8.33. The molecular formula is C63H49N5. The van der Waals surface area contributed by atoms with E-state index in [0.29, 0.717) is 5.56 Å². The third-order valence-corrected chi connectivity index (χ3v) is 14.5. The highest BCUT2D eigenvalue weighted by molar-refractivity contribution is 6.31. The molecule has 326 valence electrons. The normalized spacial score (nSPS) is 12.5. The first-order chi connectivity index (χ1) is 33.0. The summed E-state index contributed by atoms with van der Waals surface area (Å²) >= 11 is 0. The van der Waals surface area contributed by atoms with Crippen molar-refractivity contribution in [3.63, 3.8) is 0 Å². The summed E-state index contributed by atoms with van der Waals surface area (Å²) in [6.07, 6.45) is 0. The Morgan fingerprint density at radius 2 is 0.794 bits per heavy atom. The van der Waals surface area contributed by atoms with E-state index in [9.17, 15) is 5.26 Å². The Kier molecular flexibility index (Phi) is 8.43. The van der Waals surface area contributed by atoms with E-state index in [1.54, 1.807) is 0 Å². The SMILES string of the molecule is CC(C)(C)c1ccc2c(c1)c1cc(C(C)(C)C)ccc1n2-c1c(C#N)cccc1-n1c2ccccc2c2c1ccc1c3ccc4c(c5ccccc5n4-c4ccccc4)c3n(-c3ccccc3)c12. The summed E-state index contributed by atoms with van der Waals surface area (Å²) in [5.74, 6) is 0. The molecule has 4 aromatic heterocycles. The van der Waals surface area contributed by atoms with E-state index in [1.807, 2.05) is 12.1 Å². The molecule has 4 heterocycles. The summed E-state index contributed by atoms with van der Waals surface area (Å²) in [5.41, 5.74) is 16.1. The van der Waals surface area contributed by atoms with Crippen molar-refractivity contribution in [1.82, 2.24) is 18.3 Å². The third kappa shape index (κ3) is 5.61. The van der Waals surface area contributed by atoms with Gasteiger partial charge in [-0.2, -0.15) is 5.26 Å². The average molecular weight is 876 g/mol. The third-order valence-electron chi connectivity index (χ3n) is 14.5. The van der Waals surface area contributed by atoms with E-state index < -0.39 is 0 Å². The van der Waals surface area contributed by atoms with Crippen molar-refractivity contribution in [3.05, 3.63) is 205 Å². The van der Waals surface area contributed by atoms with Gasteiger partial charge in [0.05, 0.1) is 61.1 Å². The maximum absolute atomic E-state index is 11.2. The van der Waals surface area contributed by atoms with Crippen molar-refractivity contribution in [2.75, 3.05) is 0 Å². The molecule has 0 aliphatic carbocycles. The lowest BCUT2D eigenvalue weighted by molar-refractivity contribution is 0.590. The number of nitrogens with zero attached hydrogens (tertiary/aromatic N) is 5. The Morgan fingerprint density at radius 3 is 1.31 bits per heavy atom. The van der Waals surface area contributed by atoms with Gasteiger partial charge in [0.2, 0.25) is 0 Å². The molecule has 0 saturated heterocycles. The maximum Gasteiger partial charge on any atom is 0.101 e. The second-order valence-corrected chi connectivity index (χ2v) is 20.5. The van der Waals surface area contributed by atoms with Crippen LogP contribution in [0.5, 0.6) is 0 Å². The first kappa shape index (κ1) is 40.0. The summed E-state index contributed by atoms with van der Waals surface area (Å²) in [4.78, 5) is 0. The van der Waals surface area contributed by atoms with Gasteiger partial charge in [0.1, 0.15) is 6.07 Å². The topological polar surface area (TPSA) is 43.5 Å². The van der Waals surface area contributed by atoms with Crippen LogP contribution in [-0.2, 0) is 10.8 Å². The van der Waals surface area contributed by atoms with Crippen LogP contribution in [0.1, 0.15) is 58.2 Å². The molecular weight excluding hydrogens is 827 g/mol. The quantitative estimate of drug-likeness (QED) is 0.174. The molecule has 68 heavy (non-hydrogen) atoms. The van der Waals surface area contributed by atoms with Crippen LogP contribution in [0.15, 0.2) is 188 Å². The highest BCUT2D eigenvalue weighted by Gasteiger charge is 2.28. The molecule has 0 spiro atoms. The van der Waals surface area contributed by atoms with Crippen molar-refractivity contribution < 1.29 is 0 Å². The number of nitriles is 1. The van der Waals surface area contributed by atoms with E-state index >= 15 is 0 Å². The summed E-state index contributed by atoms with van der Waals surface area (Å²) in [6.45, 7) is 13.7. The molecule has 13 rings (SSSR count). The summed E-state index contributed by atoms with van der Waals surface area (Å²) in [5, 5.41) is 20.7. The van der Waals surface area contributed by atoms with Crippen LogP contribution in [0.2, 0.25) is 0 Å². The lowest BCUT2D eigenvalue weighted by Gasteiger charge is -2.20. The van der Waals surface area contributed by atoms with Gasteiger partial charge in [-0.3, -0.25) is 0 Å². The average Bonchev–Trinajstić information content (AvgIpc) is 4.08. The minimum absolute atomic E-state index is 0.0404. The van der Waals surface area contributed by atoms with E-state index in [2.05, 4.69) is 242 Å². The van der Waals surface area contributed by atoms with Crippen LogP contribution in [-0.4, -0.2) is 18.3 Å². The van der Waals surface area contributed by atoms with Crippen molar-refractivity contribution in [3.8, 4) is 28.8 Å². The van der Waals surface area contributed by atoms with E-state index in [1.165, 1.54) is 59.9 Å². The fourth-order valence-corrected chi connectivity index (χ4v) is 11.3. The lowest BCUT2D eigenvalue weighted by atomic mass is 9.85. The molecule has 0 aliphatic heterocycles. The van der Waals surface area contributed by atoms with Crippen molar-refractivity contribution in [2.45, 2.75) is 52.4 Å². The van der Waals surface area contributed by atoms with Gasteiger partial charge >= 0.3 is 0 Å². The van der Waals surface area contributed by atoms with Gasteiger partial charge in [0.25, 0.3) is 0 Å². The molecule has 5 heteroatoms. The fourth-order valence-electron chi connectivity index (χ4n) is 11.3. The van der Waals surface area contributed by atoms with Crippen LogP contribution in [0.25, 0.3) is 110 Å². The smallest absolute Gasteiger partial charge is 0.101 e. The van der Waals surface area contributed by atoms with Gasteiger partial charge in [0, 0.05) is 54.5 Å². The van der Waals surface area contributed by atoms with Crippen LogP contribution in [0.3, 0.4) is 0 Å². The molecule has 0 amide bonds. The maximum atomic E-state index is 11.2. The number of aromatic nitrogens is 4. The van der Waals surface area contributed by atoms with Crippen molar-refractivity contribution in [1.29, 1.82) is 5.26 Å². The Bertz CT molecular complexity index is 4200. The largest absolute Gasteiger partial charge is 0.309 e. The number of fused-ring (bicyclic) bond motifs is 14. The van der Waals surface area contributed by atoms with Crippen LogP contribution in [0.4, 0.5) is 0 Å². The van der Waals surface area contributed by atoms with Gasteiger partial charge in [-0.1, -0.05) is 145 Å². The van der Waals surface area contributed by atoms with Gasteiger partial charge in [-0.25, -0.2) is 0 Å². The van der Waals surface area contributed by atoms with Gasteiger partial charge in [0.15, 0.2) is 0 Å². The van der Waals surface area contributed by atoms with Gasteiger partial charge in [-0.15, -0.1) is 0 Å². The zero-order valence-electron chi connectivity index (χ0n) is 39.1. The monoisotopic (exact) mass is 875 g/mol. The standard InChI is InChI=1S/C63H49N5/c1-62(2,3)40-28-32-52-48(36-40)49-37-41(63(4,5)6)29-33-53(49)68(52)59-39(38-64)18-17-27-56(59)67-51-26-16-14-24-47(51)58-55(67)35-31-45-44-30-34-54-57(60(44)66(61(45)58)43-21-11-8-12-22-43)46-23-13-15-25-50(46)65(54)42-19-9-7-10-20-42/h7-37H,1-6H3. The molecule has 0 aliphatic rings. The van der Waals surface area contributed by atoms with E-state index in [-0.39, 0.29) is 10.8 Å². The molecule has 0 radical (unpaired) electrons. The van der Waals surface area contributed by atoms with E-state index in [0.717, 1.165) is 61.2 Å². The predicted octanol–water partition coefficient (Wildman–Crippen LogP) is 16.5. The number of hydrogen-bond acceptors (Lipinski definition) is 1. The number of hydrogen-bond donors (Lipinski definition) is 0. The summed E-state index contributed by atoms with van der Waals surface area (Å²) in [7, 11) is 0. The molecule has 13 aromatic rings. The van der Waals surface area contributed by atoms with Crippen molar-refractivity contribution >= 4 is 87.2 Å². The van der Waals surface area contributed by atoms with Crippen LogP contribution < -0.4 is 0 Å². The molecule has 5 nitrogen and oxygen atoms in total. The fraction of sp³-hybridized carbons (Fsp3) is 0.127. The zero-order valence-corrected chi connectivity index (χ0v) is 39.1. The number of rotatable bonds is 4. The molecule has 0 N–H and O–H groups in total. The molecule has 0 unspecified atom stereocenters. The molecule has 0 atom stereocenters. The van der Waals surface area contributed by atoms with Crippen LogP contribution in [0, 0.1) is 11.3 Å². The van der Waals surface area contributed by atoms with Crippen molar-refractivity contribution in [2.24, 2.45) is 0 Å². The second kappa shape index (κ2) is 14.3. The molecule has 0 saturated carbocycles. The molecule has 9 aromatic carbocycles. The van der Waals surface area contributed by atoms with Crippen LogP contribution >= 0.6 is 0 Å². The summed E-state index contributed by atoms with van der Waals surface area (Å²) < 4.78 is 9.70. The van der Waals surface area contributed by atoms with Gasteiger partial charge in [-0.05, 0) is 107 Å². The number of benzene rings is 9. The second-order valence-electron chi connectivity index (χ2n) is 20.5. The Balaban J connectivity index is 1.19. The number of para-hydroxylation sites is 5. The summed E-state index contributed by atoms with van der Waals surface area (Å²) in [6, 6.07) is 71.2. The Labute approximate surface area is 394 Å². The van der Waals surface area contributed by atoms with Gasteiger partial charge < -0.3 is 18.3 Å². The lowest BCUT2D eigenvalue weighted by Crippen LogP contribution is -2.10. The highest BCUT2D eigenvalue weighted by Crippen LogP contribution is 2.47. The first-order valence-corrected chi connectivity index (χ1v) is 23.7. The minimum Gasteiger partial charge on any atom is -0.309 e.